The van der Waals surface area contributed by atoms with E-state index in [0.29, 0.717) is 34.8 Å². The van der Waals surface area contributed by atoms with Crippen LogP contribution in [0.1, 0.15) is 36.5 Å². The van der Waals surface area contributed by atoms with Crippen molar-refractivity contribution in [2.24, 2.45) is 0 Å². The molecule has 5 rings (SSSR count). The molecule has 1 unspecified atom stereocenters. The first kappa shape index (κ1) is 31.4. The Morgan fingerprint density at radius 3 is 2.50 bits per heavy atom. The van der Waals surface area contributed by atoms with Gasteiger partial charge in [-0.15, -0.1) is 0 Å². The number of nitrogens with zero attached hydrogens (tertiary/aromatic N) is 4. The summed E-state index contributed by atoms with van der Waals surface area (Å²) in [6, 6.07) is 11.8. The standard InChI is InChI=1S/C31H36F2N6O4S/c1-4-38(14-13-37(2)3)28-9-7-8-26(30(28)35-29-10-5-6-15-43-29)31(40)36-39-27-12-11-24(16-21(27)20-34-39)44(41,42)25-18-22(32)17-23(33)19-25/h7-9,11-12,16-20,29,35H,4-6,10,13-15H2,1-3H3,(H,36,40). The van der Waals surface area contributed by atoms with Crippen molar-refractivity contribution in [1.29, 1.82) is 0 Å². The molecule has 1 amide bonds. The Bertz CT molecular complexity index is 1740. The molecule has 0 spiro atoms. The summed E-state index contributed by atoms with van der Waals surface area (Å²) in [5.74, 6) is -2.41. The molecule has 0 aliphatic carbocycles. The van der Waals surface area contributed by atoms with E-state index >= 15 is 0 Å². The summed E-state index contributed by atoms with van der Waals surface area (Å²) in [6.07, 6.45) is 4.00. The number of nitrogens with one attached hydrogen (secondary N) is 2. The smallest absolute Gasteiger partial charge is 0.273 e. The topological polar surface area (TPSA) is 109 Å². The maximum absolute atomic E-state index is 13.8. The highest BCUT2D eigenvalue weighted by Gasteiger charge is 2.24. The van der Waals surface area contributed by atoms with Gasteiger partial charge in [0.1, 0.15) is 17.9 Å². The van der Waals surface area contributed by atoms with Crippen LogP contribution in [0.25, 0.3) is 10.9 Å². The normalized spacial score (nSPS) is 15.5. The number of anilines is 2. The lowest BCUT2D eigenvalue weighted by Crippen LogP contribution is -2.34. The number of halogens is 2. The van der Waals surface area contributed by atoms with Crippen LogP contribution in [0, 0.1) is 11.6 Å². The molecule has 1 aliphatic heterocycles. The van der Waals surface area contributed by atoms with Crippen LogP contribution in [0.15, 0.2) is 70.6 Å². The zero-order valence-electron chi connectivity index (χ0n) is 24.9. The molecule has 0 saturated carbocycles. The van der Waals surface area contributed by atoms with Crippen molar-refractivity contribution in [3.63, 3.8) is 0 Å². The fourth-order valence-electron chi connectivity index (χ4n) is 5.17. The number of hydrogen-bond acceptors (Lipinski definition) is 8. The molecule has 1 aliphatic rings. The highest BCUT2D eigenvalue weighted by molar-refractivity contribution is 7.91. The van der Waals surface area contributed by atoms with Gasteiger partial charge in [-0.3, -0.25) is 4.79 Å². The number of carbonyl (C=O) groups excluding carboxylic acids is 1. The molecule has 0 bridgehead atoms. The average Bonchev–Trinajstić information content (AvgIpc) is 3.39. The summed E-state index contributed by atoms with van der Waals surface area (Å²) in [5, 5.41) is 8.15. The first-order valence-corrected chi connectivity index (χ1v) is 16.0. The Morgan fingerprint density at radius 1 is 1.05 bits per heavy atom. The summed E-state index contributed by atoms with van der Waals surface area (Å²) in [5.41, 5.74) is 5.18. The summed E-state index contributed by atoms with van der Waals surface area (Å²) in [4.78, 5) is 18.7. The fraction of sp³-hybridized carbons (Fsp3) is 0.355. The molecule has 44 heavy (non-hydrogen) atoms. The second-order valence-corrected chi connectivity index (χ2v) is 12.9. The molecule has 234 valence electrons. The van der Waals surface area contributed by atoms with Crippen molar-refractivity contribution < 1.29 is 26.7 Å². The Labute approximate surface area is 255 Å². The number of hydrogen-bond donors (Lipinski definition) is 2. The van der Waals surface area contributed by atoms with Crippen LogP contribution < -0.4 is 15.6 Å². The molecule has 3 aromatic carbocycles. The third-order valence-corrected chi connectivity index (χ3v) is 9.25. The predicted molar refractivity (Wildman–Crippen MR) is 165 cm³/mol. The van der Waals surface area contributed by atoms with Gasteiger partial charge in [-0.25, -0.2) is 22.6 Å². The molecule has 1 atom stereocenters. The third-order valence-electron chi connectivity index (χ3n) is 7.52. The SMILES string of the molecule is CCN(CCN(C)C)c1cccc(C(=O)Nn2ncc3cc(S(=O)(=O)c4cc(F)cc(F)c4)ccc32)c1NC1CCCCO1. The zero-order valence-corrected chi connectivity index (χ0v) is 25.7. The summed E-state index contributed by atoms with van der Waals surface area (Å²) < 4.78 is 59.6. The van der Waals surface area contributed by atoms with Gasteiger partial charge in [0.25, 0.3) is 5.91 Å². The molecule has 1 aromatic heterocycles. The number of rotatable bonds is 11. The lowest BCUT2D eigenvalue weighted by molar-refractivity contribution is 0.0343. The molecule has 1 fully saturated rings. The van der Waals surface area contributed by atoms with E-state index < -0.39 is 32.3 Å². The van der Waals surface area contributed by atoms with Crippen molar-refractivity contribution in [3.8, 4) is 0 Å². The van der Waals surface area contributed by atoms with E-state index in [1.54, 1.807) is 6.07 Å². The van der Waals surface area contributed by atoms with Gasteiger partial charge in [-0.2, -0.15) is 9.89 Å². The van der Waals surface area contributed by atoms with E-state index in [-0.39, 0.29) is 11.1 Å². The molecule has 2 heterocycles. The van der Waals surface area contributed by atoms with E-state index in [1.807, 2.05) is 26.2 Å². The molecular formula is C31H36F2N6O4S. The van der Waals surface area contributed by atoms with Gasteiger partial charge in [0.15, 0.2) is 0 Å². The van der Waals surface area contributed by atoms with Crippen molar-refractivity contribution in [1.82, 2.24) is 14.8 Å². The van der Waals surface area contributed by atoms with Crippen LogP contribution in [-0.4, -0.2) is 75.7 Å². The summed E-state index contributed by atoms with van der Waals surface area (Å²) in [7, 11) is -0.181. The number of aromatic nitrogens is 2. The zero-order chi connectivity index (χ0) is 31.4. The number of sulfone groups is 1. The number of benzene rings is 3. The monoisotopic (exact) mass is 626 g/mol. The van der Waals surface area contributed by atoms with Gasteiger partial charge in [0.05, 0.1) is 38.4 Å². The third kappa shape index (κ3) is 6.85. The molecule has 13 heteroatoms. The molecule has 0 radical (unpaired) electrons. The number of carbonyl (C=O) groups is 1. The van der Waals surface area contributed by atoms with E-state index in [1.165, 1.54) is 29.2 Å². The van der Waals surface area contributed by atoms with Gasteiger partial charge in [-0.05, 0) is 82.7 Å². The number of amides is 1. The number of para-hydroxylation sites is 1. The van der Waals surface area contributed by atoms with Crippen LogP contribution in [-0.2, 0) is 14.6 Å². The minimum atomic E-state index is -4.21. The predicted octanol–water partition coefficient (Wildman–Crippen LogP) is 4.86. The van der Waals surface area contributed by atoms with Gasteiger partial charge < -0.3 is 19.9 Å². The molecule has 2 N–H and O–H groups in total. The molecule has 10 nitrogen and oxygen atoms in total. The first-order chi connectivity index (χ1) is 21.1. The summed E-state index contributed by atoms with van der Waals surface area (Å²) >= 11 is 0. The minimum Gasteiger partial charge on any atom is -0.369 e. The first-order valence-electron chi connectivity index (χ1n) is 14.5. The highest BCUT2D eigenvalue weighted by Crippen LogP contribution is 2.32. The lowest BCUT2D eigenvalue weighted by Gasteiger charge is -2.31. The summed E-state index contributed by atoms with van der Waals surface area (Å²) in [6.45, 7) is 5.03. The van der Waals surface area contributed by atoms with Crippen LogP contribution in [0.5, 0.6) is 0 Å². The molecule has 1 saturated heterocycles. The van der Waals surface area contributed by atoms with Crippen molar-refractivity contribution >= 4 is 38.0 Å². The Morgan fingerprint density at radius 2 is 1.82 bits per heavy atom. The van der Waals surface area contributed by atoms with Crippen molar-refractivity contribution in [2.45, 2.75) is 42.2 Å². The maximum atomic E-state index is 13.8. The van der Waals surface area contributed by atoms with Gasteiger partial charge in [0.2, 0.25) is 9.84 Å². The van der Waals surface area contributed by atoms with Crippen LogP contribution >= 0.6 is 0 Å². The van der Waals surface area contributed by atoms with E-state index in [4.69, 9.17) is 4.74 Å². The Balaban J connectivity index is 1.45. The van der Waals surface area contributed by atoms with E-state index in [2.05, 4.69) is 32.6 Å². The van der Waals surface area contributed by atoms with Crippen molar-refractivity contribution in [3.05, 3.63) is 78.0 Å². The number of fused-ring (bicyclic) bond motifs is 1. The Kier molecular flexibility index (Phi) is 9.47. The highest BCUT2D eigenvalue weighted by atomic mass is 32.2. The average molecular weight is 627 g/mol. The van der Waals surface area contributed by atoms with E-state index in [0.717, 1.165) is 56.7 Å². The Hall–Kier alpha value is -4.07. The second-order valence-electron chi connectivity index (χ2n) is 10.9. The van der Waals surface area contributed by atoms with Crippen LogP contribution in [0.4, 0.5) is 20.2 Å². The van der Waals surface area contributed by atoms with Gasteiger partial charge >= 0.3 is 0 Å². The minimum absolute atomic E-state index is 0.162. The second kappa shape index (κ2) is 13.3. The molecular weight excluding hydrogens is 590 g/mol. The largest absolute Gasteiger partial charge is 0.369 e. The number of ether oxygens (including phenoxy) is 1. The van der Waals surface area contributed by atoms with Gasteiger partial charge in [-0.1, -0.05) is 6.07 Å². The molecule has 4 aromatic rings. The van der Waals surface area contributed by atoms with E-state index in [9.17, 15) is 22.0 Å². The number of likely N-dealkylation sites (N-methyl/N-ethyl adjacent to an activating group) is 2. The van der Waals surface area contributed by atoms with Crippen LogP contribution in [0.2, 0.25) is 0 Å². The quantitative estimate of drug-likeness (QED) is 0.243. The lowest BCUT2D eigenvalue weighted by atomic mass is 10.1. The van der Waals surface area contributed by atoms with Gasteiger partial charge in [0, 0.05) is 37.7 Å². The maximum Gasteiger partial charge on any atom is 0.273 e. The fourth-order valence-corrected chi connectivity index (χ4v) is 6.51. The van der Waals surface area contributed by atoms with Crippen LogP contribution in [0.3, 0.4) is 0 Å². The van der Waals surface area contributed by atoms with Crippen molar-refractivity contribution in [2.75, 3.05) is 56.0 Å².